The van der Waals surface area contributed by atoms with E-state index in [-0.39, 0.29) is 17.9 Å². The molecule has 7 nitrogen and oxygen atoms in total. The average molecular weight is 345 g/mol. The molecule has 1 fully saturated rings. The second kappa shape index (κ2) is 7.55. The molecule has 134 valence electrons. The van der Waals surface area contributed by atoms with Crippen LogP contribution in [-0.2, 0) is 16.1 Å². The molecule has 2 aliphatic rings. The van der Waals surface area contributed by atoms with Gasteiger partial charge in [0.25, 0.3) is 5.91 Å². The first kappa shape index (κ1) is 17.3. The lowest BCUT2D eigenvalue weighted by atomic mass is 10.1. The van der Waals surface area contributed by atoms with E-state index in [2.05, 4.69) is 5.32 Å². The molecule has 3 amide bonds. The van der Waals surface area contributed by atoms with Crippen molar-refractivity contribution in [3.05, 3.63) is 35.4 Å². The molecule has 7 heteroatoms. The Hall–Kier alpha value is -2.57. The van der Waals surface area contributed by atoms with Gasteiger partial charge in [0.2, 0.25) is 5.91 Å². The summed E-state index contributed by atoms with van der Waals surface area (Å²) in [5.74, 6) is -0.286. The second-order valence-electron chi connectivity index (χ2n) is 6.26. The molecule has 1 atom stereocenters. The molecule has 2 aliphatic heterocycles. The van der Waals surface area contributed by atoms with Crippen LogP contribution in [0.15, 0.2) is 24.3 Å². The van der Waals surface area contributed by atoms with E-state index in [0.717, 1.165) is 12.0 Å². The quantitative estimate of drug-likeness (QED) is 0.845. The van der Waals surface area contributed by atoms with Gasteiger partial charge in [-0.3, -0.25) is 9.59 Å². The van der Waals surface area contributed by atoms with E-state index in [9.17, 15) is 14.4 Å². The third-order valence-corrected chi connectivity index (χ3v) is 4.65. The number of carbonyl (C=O) groups is 3. The molecule has 25 heavy (non-hydrogen) atoms. The number of carbonyl (C=O) groups excluding carboxylic acids is 3. The molecule has 3 rings (SSSR count). The SMILES string of the molecule is CC[C@H](C(=O)NCCN1CCCOC1=O)N1Cc2ccccc2C1=O. The molecule has 1 aromatic rings. The van der Waals surface area contributed by atoms with Crippen LogP contribution in [0.2, 0.25) is 0 Å². The maximum Gasteiger partial charge on any atom is 0.409 e. The number of fused-ring (bicyclic) bond motifs is 1. The van der Waals surface area contributed by atoms with Crippen molar-refractivity contribution in [2.24, 2.45) is 0 Å². The standard InChI is InChI=1S/C18H23N3O4/c1-2-15(21-12-13-6-3-4-7-14(13)17(21)23)16(22)19-8-10-20-9-5-11-25-18(20)24/h3-4,6-7,15H,2,5,8-12H2,1H3,(H,19,22)/t15-/m1/s1. The van der Waals surface area contributed by atoms with Gasteiger partial charge in [-0.15, -0.1) is 0 Å². The van der Waals surface area contributed by atoms with Gasteiger partial charge in [0, 0.05) is 31.7 Å². The fourth-order valence-corrected chi connectivity index (χ4v) is 3.31. The van der Waals surface area contributed by atoms with Crippen molar-refractivity contribution >= 4 is 17.9 Å². The number of nitrogens with one attached hydrogen (secondary N) is 1. The fraction of sp³-hybridized carbons (Fsp3) is 0.500. The number of amides is 3. The van der Waals surface area contributed by atoms with Crippen molar-refractivity contribution < 1.29 is 19.1 Å². The zero-order valence-electron chi connectivity index (χ0n) is 14.4. The third-order valence-electron chi connectivity index (χ3n) is 4.65. The lowest BCUT2D eigenvalue weighted by Gasteiger charge is -2.28. The van der Waals surface area contributed by atoms with E-state index in [0.29, 0.717) is 44.8 Å². The van der Waals surface area contributed by atoms with Crippen LogP contribution in [0, 0.1) is 0 Å². The molecule has 0 unspecified atom stereocenters. The minimum absolute atomic E-state index is 0.0998. The molecule has 0 saturated carbocycles. The fourth-order valence-electron chi connectivity index (χ4n) is 3.31. The Kier molecular flexibility index (Phi) is 5.21. The first-order valence-electron chi connectivity index (χ1n) is 8.70. The predicted molar refractivity (Wildman–Crippen MR) is 90.9 cm³/mol. The Morgan fingerprint density at radius 3 is 2.84 bits per heavy atom. The van der Waals surface area contributed by atoms with Gasteiger partial charge in [0.1, 0.15) is 6.04 Å². The molecule has 0 aromatic heterocycles. The number of benzene rings is 1. The van der Waals surface area contributed by atoms with Crippen molar-refractivity contribution in [1.82, 2.24) is 15.1 Å². The van der Waals surface area contributed by atoms with Crippen molar-refractivity contribution in [3.63, 3.8) is 0 Å². The first-order chi connectivity index (χ1) is 12.1. The Morgan fingerprint density at radius 1 is 1.32 bits per heavy atom. The Labute approximate surface area is 146 Å². The highest BCUT2D eigenvalue weighted by molar-refractivity contribution is 6.01. The summed E-state index contributed by atoms with van der Waals surface area (Å²) in [5, 5.41) is 2.84. The van der Waals surface area contributed by atoms with Crippen molar-refractivity contribution in [3.8, 4) is 0 Å². The molecule has 0 aliphatic carbocycles. The molecular weight excluding hydrogens is 322 g/mol. The van der Waals surface area contributed by atoms with Crippen LogP contribution in [0.25, 0.3) is 0 Å². The van der Waals surface area contributed by atoms with Crippen LogP contribution in [0.5, 0.6) is 0 Å². The zero-order valence-corrected chi connectivity index (χ0v) is 14.4. The highest BCUT2D eigenvalue weighted by atomic mass is 16.6. The number of rotatable bonds is 6. The summed E-state index contributed by atoms with van der Waals surface area (Å²) in [7, 11) is 0. The number of hydrogen-bond donors (Lipinski definition) is 1. The summed E-state index contributed by atoms with van der Waals surface area (Å²) in [4.78, 5) is 39.9. The summed E-state index contributed by atoms with van der Waals surface area (Å²) in [5.41, 5.74) is 1.62. The average Bonchev–Trinajstić information content (AvgIpc) is 2.94. The first-order valence-corrected chi connectivity index (χ1v) is 8.70. The van der Waals surface area contributed by atoms with Crippen LogP contribution in [-0.4, -0.2) is 60.0 Å². The van der Waals surface area contributed by atoms with Gasteiger partial charge in [-0.2, -0.15) is 0 Å². The Balaban J connectivity index is 1.55. The van der Waals surface area contributed by atoms with E-state index in [1.807, 2.05) is 25.1 Å². The monoisotopic (exact) mass is 345 g/mol. The van der Waals surface area contributed by atoms with Crippen molar-refractivity contribution in [2.75, 3.05) is 26.2 Å². The van der Waals surface area contributed by atoms with Gasteiger partial charge in [-0.25, -0.2) is 4.79 Å². The molecule has 0 spiro atoms. The highest BCUT2D eigenvalue weighted by Gasteiger charge is 2.35. The minimum Gasteiger partial charge on any atom is -0.449 e. The van der Waals surface area contributed by atoms with Crippen molar-refractivity contribution in [2.45, 2.75) is 32.4 Å². The molecule has 1 aromatic carbocycles. The topological polar surface area (TPSA) is 79.0 Å². The van der Waals surface area contributed by atoms with E-state index in [1.54, 1.807) is 15.9 Å². The van der Waals surface area contributed by atoms with Crippen LogP contribution < -0.4 is 5.32 Å². The number of ether oxygens (including phenoxy) is 1. The van der Waals surface area contributed by atoms with Crippen LogP contribution in [0.1, 0.15) is 35.7 Å². The van der Waals surface area contributed by atoms with E-state index >= 15 is 0 Å². The van der Waals surface area contributed by atoms with Gasteiger partial charge < -0.3 is 19.9 Å². The largest absolute Gasteiger partial charge is 0.449 e. The highest BCUT2D eigenvalue weighted by Crippen LogP contribution is 2.25. The van der Waals surface area contributed by atoms with E-state index in [1.165, 1.54) is 0 Å². The second-order valence-corrected chi connectivity index (χ2v) is 6.26. The van der Waals surface area contributed by atoms with Crippen molar-refractivity contribution in [1.29, 1.82) is 0 Å². The maximum absolute atomic E-state index is 12.5. The summed E-state index contributed by atoms with van der Waals surface area (Å²) < 4.78 is 4.97. The van der Waals surface area contributed by atoms with Gasteiger partial charge in [0.05, 0.1) is 6.61 Å². The van der Waals surface area contributed by atoms with Gasteiger partial charge in [-0.05, 0) is 24.5 Å². The molecule has 2 heterocycles. The van der Waals surface area contributed by atoms with Crippen LogP contribution >= 0.6 is 0 Å². The van der Waals surface area contributed by atoms with Gasteiger partial charge in [-0.1, -0.05) is 25.1 Å². The molecule has 0 radical (unpaired) electrons. The normalized spacial score (nSPS) is 18.0. The third kappa shape index (κ3) is 3.60. The van der Waals surface area contributed by atoms with Crippen LogP contribution in [0.4, 0.5) is 4.79 Å². The summed E-state index contributed by atoms with van der Waals surface area (Å²) in [6.45, 7) is 4.21. The summed E-state index contributed by atoms with van der Waals surface area (Å²) in [6, 6.07) is 6.94. The van der Waals surface area contributed by atoms with Gasteiger partial charge >= 0.3 is 6.09 Å². The van der Waals surface area contributed by atoms with E-state index in [4.69, 9.17) is 4.74 Å². The van der Waals surface area contributed by atoms with Gasteiger partial charge in [0.15, 0.2) is 0 Å². The van der Waals surface area contributed by atoms with E-state index < -0.39 is 6.04 Å². The number of hydrogen-bond acceptors (Lipinski definition) is 4. The lowest BCUT2D eigenvalue weighted by Crippen LogP contribution is -2.49. The van der Waals surface area contributed by atoms with Crippen LogP contribution in [0.3, 0.4) is 0 Å². The molecule has 1 saturated heterocycles. The summed E-state index contributed by atoms with van der Waals surface area (Å²) >= 11 is 0. The predicted octanol–water partition coefficient (Wildman–Crippen LogP) is 1.38. The molecule has 1 N–H and O–H groups in total. The maximum atomic E-state index is 12.5. The summed E-state index contributed by atoms with van der Waals surface area (Å²) in [6.07, 6.45) is 1.01. The lowest BCUT2D eigenvalue weighted by molar-refractivity contribution is -0.125. The Morgan fingerprint density at radius 2 is 2.12 bits per heavy atom. The number of cyclic esters (lactones) is 1. The smallest absolute Gasteiger partial charge is 0.409 e. The zero-order chi connectivity index (χ0) is 17.8. The molecule has 0 bridgehead atoms. The molecular formula is C18H23N3O4. The Bertz CT molecular complexity index is 676. The minimum atomic E-state index is -0.506. The number of nitrogens with zero attached hydrogens (tertiary/aromatic N) is 2.